The molecule has 2 fully saturated rings. The summed E-state index contributed by atoms with van der Waals surface area (Å²) in [5.41, 5.74) is 4.30. The number of halogens is 3. The summed E-state index contributed by atoms with van der Waals surface area (Å²) in [5.74, 6) is 0.254. The largest absolute Gasteiger partial charge is 0.434 e. The van der Waals surface area contributed by atoms with Gasteiger partial charge in [-0.25, -0.2) is 15.0 Å². The van der Waals surface area contributed by atoms with Crippen LogP contribution in [0.4, 0.5) is 19.1 Å². The second kappa shape index (κ2) is 8.60. The Morgan fingerprint density at radius 1 is 1.13 bits per heavy atom. The van der Waals surface area contributed by atoms with Crippen molar-refractivity contribution in [3.8, 4) is 0 Å². The number of nitrogen functional groups attached to an aromatic ring is 1. The molecule has 170 valence electrons. The molecule has 9 nitrogen and oxygen atoms in total. The van der Waals surface area contributed by atoms with Gasteiger partial charge in [0.05, 0.1) is 38.2 Å². The van der Waals surface area contributed by atoms with Crippen molar-refractivity contribution < 1.29 is 22.6 Å². The maximum Gasteiger partial charge on any atom is 0.434 e. The van der Waals surface area contributed by atoms with Crippen LogP contribution in [0, 0.1) is 0 Å². The molecule has 31 heavy (non-hydrogen) atoms. The molecule has 1 aromatic rings. The van der Waals surface area contributed by atoms with E-state index in [2.05, 4.69) is 30.1 Å². The first-order chi connectivity index (χ1) is 14.7. The van der Waals surface area contributed by atoms with E-state index in [1.807, 2.05) is 13.8 Å². The number of nitrogens with zero attached hydrogens (tertiary/aromatic N) is 5. The molecule has 3 N–H and O–H groups in total. The average molecular weight is 441 g/mol. The van der Waals surface area contributed by atoms with Gasteiger partial charge in [-0.3, -0.25) is 4.90 Å². The van der Waals surface area contributed by atoms with Gasteiger partial charge in [0.25, 0.3) is 0 Å². The van der Waals surface area contributed by atoms with Gasteiger partial charge in [-0.15, -0.1) is 0 Å². The number of morpholine rings is 2. The van der Waals surface area contributed by atoms with E-state index >= 15 is 0 Å². The number of aromatic nitrogens is 2. The first-order valence-corrected chi connectivity index (χ1v) is 10.2. The Morgan fingerprint density at radius 2 is 1.84 bits per heavy atom. The molecule has 0 radical (unpaired) electrons. The minimum Gasteiger partial charge on any atom is -0.379 e. The molecule has 1 unspecified atom stereocenters. The summed E-state index contributed by atoms with van der Waals surface area (Å²) in [5, 5.41) is 3.39. The van der Waals surface area contributed by atoms with Gasteiger partial charge in [-0.05, 0) is 13.8 Å². The van der Waals surface area contributed by atoms with Crippen LogP contribution in [0.3, 0.4) is 0 Å². The summed E-state index contributed by atoms with van der Waals surface area (Å²) in [6.07, 6.45) is -2.54. The lowest BCUT2D eigenvalue weighted by Gasteiger charge is -2.43. The lowest BCUT2D eigenvalue weighted by Crippen LogP contribution is -2.58. The zero-order valence-corrected chi connectivity index (χ0v) is 17.4. The Balaban J connectivity index is 1.77. The van der Waals surface area contributed by atoms with Gasteiger partial charge in [0.1, 0.15) is 5.82 Å². The van der Waals surface area contributed by atoms with Crippen molar-refractivity contribution in [3.05, 3.63) is 29.4 Å². The maximum absolute atomic E-state index is 13.7. The number of hydrogen-bond donors (Lipinski definition) is 2. The summed E-state index contributed by atoms with van der Waals surface area (Å²) in [4.78, 5) is 16.1. The van der Waals surface area contributed by atoms with E-state index in [1.54, 1.807) is 6.08 Å². The highest BCUT2D eigenvalue weighted by molar-refractivity contribution is 6.10. The fourth-order valence-corrected chi connectivity index (χ4v) is 3.96. The normalized spacial score (nSPS) is 28.0. The predicted molar refractivity (Wildman–Crippen MR) is 107 cm³/mol. The predicted octanol–water partition coefficient (Wildman–Crippen LogP) is 1.04. The lowest BCUT2D eigenvalue weighted by molar-refractivity contribution is -0.141. The van der Waals surface area contributed by atoms with E-state index in [-0.39, 0.29) is 23.4 Å². The summed E-state index contributed by atoms with van der Waals surface area (Å²) >= 11 is 0. The number of rotatable bonds is 3. The summed E-state index contributed by atoms with van der Waals surface area (Å²) in [6, 6.07) is 0.0989. The smallest absolute Gasteiger partial charge is 0.379 e. The molecule has 0 spiro atoms. The van der Waals surface area contributed by atoms with Crippen LogP contribution in [-0.2, 0) is 15.7 Å². The SMILES string of the molecule is C[C@H]1COCCN1C1=CC(c2cnc(N)nc2C(F)(F)F)=NC(N2CCOC[C@@H]2C)N1. The third-order valence-corrected chi connectivity index (χ3v) is 5.57. The number of anilines is 1. The average Bonchev–Trinajstić information content (AvgIpc) is 2.73. The van der Waals surface area contributed by atoms with Gasteiger partial charge in [0.2, 0.25) is 5.95 Å². The fraction of sp³-hybridized carbons (Fsp3) is 0.632. The molecule has 3 atom stereocenters. The third-order valence-electron chi connectivity index (χ3n) is 5.57. The van der Waals surface area contributed by atoms with E-state index in [0.717, 1.165) is 6.20 Å². The van der Waals surface area contributed by atoms with Crippen molar-refractivity contribution in [2.24, 2.45) is 4.99 Å². The van der Waals surface area contributed by atoms with Crippen molar-refractivity contribution in [3.63, 3.8) is 0 Å². The highest BCUT2D eigenvalue weighted by Crippen LogP contribution is 2.32. The van der Waals surface area contributed by atoms with Gasteiger partial charge in [0, 0.05) is 37.0 Å². The Hall–Kier alpha value is -2.44. The number of aliphatic imine (C=N–C) groups is 1. The van der Waals surface area contributed by atoms with E-state index in [9.17, 15) is 13.2 Å². The molecular weight excluding hydrogens is 415 g/mol. The van der Waals surface area contributed by atoms with Crippen LogP contribution in [0.5, 0.6) is 0 Å². The molecule has 12 heteroatoms. The molecule has 4 heterocycles. The van der Waals surface area contributed by atoms with Crippen LogP contribution < -0.4 is 11.1 Å². The monoisotopic (exact) mass is 441 g/mol. The van der Waals surface area contributed by atoms with Crippen LogP contribution in [0.15, 0.2) is 23.1 Å². The minimum atomic E-state index is -4.69. The maximum atomic E-state index is 13.7. The van der Waals surface area contributed by atoms with Crippen molar-refractivity contribution in [2.75, 3.05) is 45.3 Å². The van der Waals surface area contributed by atoms with Crippen LogP contribution in [0.1, 0.15) is 25.1 Å². The van der Waals surface area contributed by atoms with E-state index in [1.165, 1.54) is 0 Å². The third kappa shape index (κ3) is 4.60. The van der Waals surface area contributed by atoms with Crippen molar-refractivity contribution >= 4 is 11.7 Å². The van der Waals surface area contributed by atoms with Crippen molar-refractivity contribution in [1.82, 2.24) is 25.1 Å². The number of nitrogens with one attached hydrogen (secondary N) is 1. The van der Waals surface area contributed by atoms with Gasteiger partial charge in [-0.2, -0.15) is 13.2 Å². The second-order valence-electron chi connectivity index (χ2n) is 7.83. The number of alkyl halides is 3. The summed E-state index contributed by atoms with van der Waals surface area (Å²) in [7, 11) is 0. The molecule has 0 saturated carbocycles. The molecule has 3 aliphatic rings. The number of allylic oxidation sites excluding steroid dienone is 1. The molecule has 0 bridgehead atoms. The molecule has 1 aromatic heterocycles. The van der Waals surface area contributed by atoms with Gasteiger partial charge >= 0.3 is 6.18 Å². The Kier molecular flexibility index (Phi) is 6.04. The van der Waals surface area contributed by atoms with E-state index in [4.69, 9.17) is 15.2 Å². The molecule has 0 aliphatic carbocycles. The van der Waals surface area contributed by atoms with Gasteiger partial charge in [0.15, 0.2) is 12.0 Å². The molecule has 0 aromatic carbocycles. The van der Waals surface area contributed by atoms with Crippen LogP contribution >= 0.6 is 0 Å². The molecule has 2 saturated heterocycles. The molecule has 0 amide bonds. The zero-order valence-electron chi connectivity index (χ0n) is 17.4. The topological polar surface area (TPSA) is 101 Å². The molecule has 3 aliphatic heterocycles. The van der Waals surface area contributed by atoms with Crippen molar-refractivity contribution in [1.29, 1.82) is 0 Å². The van der Waals surface area contributed by atoms with E-state index in [0.29, 0.717) is 45.3 Å². The quantitative estimate of drug-likeness (QED) is 0.718. The molecular formula is C19H26F3N7O2. The standard InChI is InChI=1S/C19H26F3N7O2/c1-11-9-30-5-3-28(11)15-7-14(13-8-24-17(23)27-16(13)19(20,21)22)25-18(26-15)29-4-6-31-10-12(29)2/h7-8,11-12,18,26H,3-6,9-10H2,1-2H3,(H2,23,24,27)/t11-,12-,18?/m0/s1. The highest BCUT2D eigenvalue weighted by atomic mass is 19.4. The van der Waals surface area contributed by atoms with Crippen LogP contribution in [-0.4, -0.2) is 83.4 Å². The first-order valence-electron chi connectivity index (χ1n) is 10.2. The Bertz CT molecular complexity index is 877. The summed E-state index contributed by atoms with van der Waals surface area (Å²) < 4.78 is 52.2. The van der Waals surface area contributed by atoms with Gasteiger partial charge in [-0.1, -0.05) is 0 Å². The number of hydrogen-bond acceptors (Lipinski definition) is 9. The van der Waals surface area contributed by atoms with Gasteiger partial charge < -0.3 is 25.4 Å². The van der Waals surface area contributed by atoms with Crippen molar-refractivity contribution in [2.45, 2.75) is 38.4 Å². The lowest BCUT2D eigenvalue weighted by atomic mass is 10.1. The zero-order chi connectivity index (χ0) is 22.2. The van der Waals surface area contributed by atoms with Crippen LogP contribution in [0.2, 0.25) is 0 Å². The highest BCUT2D eigenvalue weighted by Gasteiger charge is 2.39. The Labute approximate surface area is 178 Å². The minimum absolute atomic E-state index is 0.0440. The van der Waals surface area contributed by atoms with E-state index < -0.39 is 24.1 Å². The Morgan fingerprint density at radius 3 is 2.52 bits per heavy atom. The van der Waals surface area contributed by atoms with Crippen LogP contribution in [0.25, 0.3) is 0 Å². The first kappa shape index (κ1) is 21.8. The second-order valence-corrected chi connectivity index (χ2v) is 7.83. The fourth-order valence-electron chi connectivity index (χ4n) is 3.96. The summed E-state index contributed by atoms with van der Waals surface area (Å²) in [6.45, 7) is 7.34. The molecule has 4 rings (SSSR count). The number of nitrogens with two attached hydrogens (primary N) is 1. The number of ether oxygens (including phenoxy) is 2.